The summed E-state index contributed by atoms with van der Waals surface area (Å²) >= 11 is 0. The minimum absolute atomic E-state index is 0.0121. The Morgan fingerprint density at radius 2 is 1.83 bits per heavy atom. The highest BCUT2D eigenvalue weighted by Crippen LogP contribution is 2.43. The van der Waals surface area contributed by atoms with Gasteiger partial charge in [0.2, 0.25) is 0 Å². The van der Waals surface area contributed by atoms with Crippen LogP contribution in [0.1, 0.15) is 46.5 Å². The minimum atomic E-state index is -0.287. The van der Waals surface area contributed by atoms with Crippen molar-refractivity contribution in [3.8, 4) is 0 Å². The molecule has 0 aromatic rings. The molecule has 6 atom stereocenters. The average Bonchev–Trinajstić information content (AvgIpc) is 2.67. The summed E-state index contributed by atoms with van der Waals surface area (Å²) in [5.41, 5.74) is -0.287. The van der Waals surface area contributed by atoms with E-state index in [4.69, 9.17) is 14.2 Å². The van der Waals surface area contributed by atoms with Crippen molar-refractivity contribution in [3.63, 3.8) is 0 Å². The second kappa shape index (κ2) is 6.79. The number of fused-ring (bicyclic) bond motifs is 2. The first-order valence-corrected chi connectivity index (χ1v) is 9.11. The van der Waals surface area contributed by atoms with E-state index in [2.05, 4.69) is 46.1 Å². The second-order valence-electron chi connectivity index (χ2n) is 7.81. The van der Waals surface area contributed by atoms with Gasteiger partial charge < -0.3 is 14.2 Å². The maximum atomic E-state index is 6.64. The lowest BCUT2D eigenvalue weighted by atomic mass is 9.79. The summed E-state index contributed by atoms with van der Waals surface area (Å²) in [6, 6.07) is 0. The molecule has 3 heteroatoms. The molecule has 1 saturated heterocycles. The molecule has 0 spiro atoms. The highest BCUT2D eigenvalue weighted by molar-refractivity contribution is 5.16. The van der Waals surface area contributed by atoms with Crippen LogP contribution in [-0.2, 0) is 14.2 Å². The van der Waals surface area contributed by atoms with Crippen molar-refractivity contribution in [3.05, 3.63) is 49.0 Å². The third-order valence-electron chi connectivity index (χ3n) is 5.46. The Bertz CT molecular complexity index is 561. The van der Waals surface area contributed by atoms with Gasteiger partial charge in [-0.1, -0.05) is 27.0 Å². The van der Waals surface area contributed by atoms with Crippen LogP contribution in [-0.4, -0.2) is 23.9 Å². The summed E-state index contributed by atoms with van der Waals surface area (Å²) < 4.78 is 19.1. The summed E-state index contributed by atoms with van der Waals surface area (Å²) in [6.07, 6.45) is 11.8. The van der Waals surface area contributed by atoms with E-state index in [1.807, 2.05) is 0 Å². The van der Waals surface area contributed by atoms with Gasteiger partial charge in [-0.3, -0.25) is 0 Å². The summed E-state index contributed by atoms with van der Waals surface area (Å²) in [4.78, 5) is 0. The Kier molecular flexibility index (Phi) is 4.91. The molecular weight excluding hydrogens is 300 g/mol. The lowest BCUT2D eigenvalue weighted by Crippen LogP contribution is -2.57. The molecule has 0 radical (unpaired) electrons. The number of allylic oxidation sites excluding steroid dienone is 4. The standard InChI is InChI=1S/C21H30O3/c1-6-16-9-8-14(3)13-21(5)20(23-16)12-18-19(24-21)11-15(4)10-17(7-2)22-18/h6-7,9-10,14-15,18-20H,1-2,8,11-13H2,3-5H3/b16-9-/t14-,15-,18-,19+,20+,21-/m1/s1. The lowest BCUT2D eigenvalue weighted by molar-refractivity contribution is -0.232. The van der Waals surface area contributed by atoms with E-state index in [0.29, 0.717) is 11.8 Å². The third kappa shape index (κ3) is 3.46. The van der Waals surface area contributed by atoms with Gasteiger partial charge in [0, 0.05) is 6.42 Å². The Balaban J connectivity index is 1.87. The zero-order valence-electron chi connectivity index (χ0n) is 15.2. The molecule has 24 heavy (non-hydrogen) atoms. The monoisotopic (exact) mass is 330 g/mol. The Hall–Kier alpha value is -1.48. The normalized spacial score (nSPS) is 44.5. The van der Waals surface area contributed by atoms with Gasteiger partial charge in [0.05, 0.1) is 6.10 Å². The number of ether oxygens (including phenoxy) is 3. The highest BCUT2D eigenvalue weighted by Gasteiger charge is 2.50. The van der Waals surface area contributed by atoms with E-state index in [-0.39, 0.29) is 23.9 Å². The molecule has 0 saturated carbocycles. The molecule has 0 bridgehead atoms. The van der Waals surface area contributed by atoms with Crippen LogP contribution in [0.3, 0.4) is 0 Å². The fourth-order valence-corrected chi connectivity index (χ4v) is 4.27. The largest absolute Gasteiger partial charge is 0.488 e. The van der Waals surface area contributed by atoms with E-state index in [0.717, 1.165) is 37.2 Å². The third-order valence-corrected chi connectivity index (χ3v) is 5.46. The van der Waals surface area contributed by atoms with Crippen LogP contribution in [0.4, 0.5) is 0 Å². The zero-order chi connectivity index (χ0) is 17.3. The molecular formula is C21H30O3. The van der Waals surface area contributed by atoms with Crippen LogP contribution in [0.15, 0.2) is 49.0 Å². The maximum Gasteiger partial charge on any atom is 0.131 e. The van der Waals surface area contributed by atoms with Crippen LogP contribution < -0.4 is 0 Å². The summed E-state index contributed by atoms with van der Waals surface area (Å²) in [6.45, 7) is 14.4. The molecule has 3 rings (SSSR count). The topological polar surface area (TPSA) is 27.7 Å². The van der Waals surface area contributed by atoms with Crippen molar-refractivity contribution in [1.82, 2.24) is 0 Å². The van der Waals surface area contributed by atoms with Crippen molar-refractivity contribution in [2.24, 2.45) is 11.8 Å². The van der Waals surface area contributed by atoms with Gasteiger partial charge in [-0.15, -0.1) is 0 Å². The van der Waals surface area contributed by atoms with E-state index in [1.165, 1.54) is 0 Å². The first-order valence-electron chi connectivity index (χ1n) is 9.11. The maximum absolute atomic E-state index is 6.64. The van der Waals surface area contributed by atoms with Gasteiger partial charge in [0.1, 0.15) is 29.3 Å². The molecule has 3 heterocycles. The first kappa shape index (κ1) is 17.3. The van der Waals surface area contributed by atoms with Gasteiger partial charge in [0.25, 0.3) is 0 Å². The fraction of sp³-hybridized carbons (Fsp3) is 0.619. The molecule has 3 nitrogen and oxygen atoms in total. The molecule has 0 aromatic heterocycles. The van der Waals surface area contributed by atoms with Gasteiger partial charge in [-0.05, 0) is 62.3 Å². The van der Waals surface area contributed by atoms with E-state index in [1.54, 1.807) is 12.2 Å². The van der Waals surface area contributed by atoms with Crippen LogP contribution in [0, 0.1) is 11.8 Å². The van der Waals surface area contributed by atoms with Crippen molar-refractivity contribution < 1.29 is 14.2 Å². The van der Waals surface area contributed by atoms with Crippen molar-refractivity contribution >= 4 is 0 Å². The molecule has 0 N–H and O–H groups in total. The quantitative estimate of drug-likeness (QED) is 0.720. The van der Waals surface area contributed by atoms with Crippen molar-refractivity contribution in [2.75, 3.05) is 0 Å². The molecule has 0 aliphatic carbocycles. The van der Waals surface area contributed by atoms with E-state index < -0.39 is 0 Å². The Morgan fingerprint density at radius 1 is 1.08 bits per heavy atom. The second-order valence-corrected chi connectivity index (χ2v) is 7.81. The molecule has 0 aromatic carbocycles. The van der Waals surface area contributed by atoms with Crippen LogP contribution in [0.25, 0.3) is 0 Å². The number of rotatable bonds is 2. The Labute approximate surface area is 146 Å². The predicted octanol–water partition coefficient (Wildman–Crippen LogP) is 4.91. The Morgan fingerprint density at radius 3 is 2.54 bits per heavy atom. The summed E-state index contributed by atoms with van der Waals surface area (Å²) in [5, 5.41) is 0. The first-order chi connectivity index (χ1) is 11.4. The lowest BCUT2D eigenvalue weighted by Gasteiger charge is -2.49. The molecule has 132 valence electrons. The zero-order valence-corrected chi connectivity index (χ0v) is 15.2. The fourth-order valence-electron chi connectivity index (χ4n) is 4.27. The molecule has 3 aliphatic heterocycles. The van der Waals surface area contributed by atoms with Gasteiger partial charge >= 0.3 is 0 Å². The van der Waals surface area contributed by atoms with Crippen LogP contribution in [0.2, 0.25) is 0 Å². The predicted molar refractivity (Wildman–Crippen MR) is 96.4 cm³/mol. The SMILES string of the molecule is C=CC1=C[C@@H](C)C[C@@H]2O[C@]3(C)C[C@H](C)C/C=C(/C=C)O[C@H]3C[C@H]2O1. The smallest absolute Gasteiger partial charge is 0.131 e. The van der Waals surface area contributed by atoms with Gasteiger partial charge in [-0.2, -0.15) is 0 Å². The van der Waals surface area contributed by atoms with E-state index in [9.17, 15) is 0 Å². The van der Waals surface area contributed by atoms with Crippen molar-refractivity contribution in [2.45, 2.75) is 70.4 Å². The van der Waals surface area contributed by atoms with Gasteiger partial charge in [-0.25, -0.2) is 0 Å². The molecule has 0 unspecified atom stereocenters. The average molecular weight is 330 g/mol. The van der Waals surface area contributed by atoms with Crippen LogP contribution in [0.5, 0.6) is 0 Å². The van der Waals surface area contributed by atoms with Crippen LogP contribution >= 0.6 is 0 Å². The number of hydrogen-bond acceptors (Lipinski definition) is 3. The van der Waals surface area contributed by atoms with Crippen molar-refractivity contribution in [1.29, 1.82) is 0 Å². The summed E-state index contributed by atoms with van der Waals surface area (Å²) in [7, 11) is 0. The molecule has 0 amide bonds. The summed E-state index contributed by atoms with van der Waals surface area (Å²) in [5.74, 6) is 2.70. The highest BCUT2D eigenvalue weighted by atomic mass is 16.6. The van der Waals surface area contributed by atoms with E-state index >= 15 is 0 Å². The molecule has 3 aliphatic rings. The minimum Gasteiger partial charge on any atom is -0.488 e. The van der Waals surface area contributed by atoms with Gasteiger partial charge in [0.15, 0.2) is 0 Å². The molecule has 1 fully saturated rings. The number of hydrogen-bond donors (Lipinski definition) is 0.